The summed E-state index contributed by atoms with van der Waals surface area (Å²) in [5.74, 6) is 0. The van der Waals surface area contributed by atoms with Gasteiger partial charge in [0.1, 0.15) is 0 Å². The highest BCUT2D eigenvalue weighted by Crippen LogP contribution is 2.53. The number of thiophene rings is 2. The molecule has 0 nitrogen and oxygen atoms in total. The molecule has 11 rings (SSSR count). The van der Waals surface area contributed by atoms with Crippen LogP contribution in [0, 0.1) is 0 Å². The Kier molecular flexibility index (Phi) is 9.34. The van der Waals surface area contributed by atoms with Gasteiger partial charge in [0, 0.05) is 20.6 Å². The van der Waals surface area contributed by atoms with Gasteiger partial charge in [0.2, 0.25) is 0 Å². The first-order chi connectivity index (χ1) is 30.2. The van der Waals surface area contributed by atoms with Gasteiger partial charge in [0.25, 0.3) is 0 Å². The standard InChI is InChI=1S/C60H46S2/c1-59(2)55-35-41(39-13-7-5-8-14-39)21-27-49(55)50-28-22-42(36-56(50)59)43-23-29-51-52-30-24-46(38-58(52)60(3,4)57(51)37-43)54-34-44(19-25-47-17-11-31-61-47)53(40-15-9-6-10-16-40)33-45(54)20-26-48-18-12-32-62-48/h5-38H,1-4H3/b25-19+,26-20+. The minimum atomic E-state index is -0.185. The van der Waals surface area contributed by atoms with Crippen molar-refractivity contribution in [2.45, 2.75) is 38.5 Å². The van der Waals surface area contributed by atoms with Crippen LogP contribution in [-0.4, -0.2) is 0 Å². The quantitative estimate of drug-likeness (QED) is 0.143. The third-order valence-electron chi connectivity index (χ3n) is 13.4. The Morgan fingerprint density at radius 3 is 1.10 bits per heavy atom. The fraction of sp³-hybridized carbons (Fsp3) is 0.100. The van der Waals surface area contributed by atoms with Crippen LogP contribution < -0.4 is 0 Å². The minimum absolute atomic E-state index is 0.106. The molecule has 0 unspecified atom stereocenters. The van der Waals surface area contributed by atoms with Crippen molar-refractivity contribution in [1.82, 2.24) is 0 Å². The highest BCUT2D eigenvalue weighted by molar-refractivity contribution is 7.11. The van der Waals surface area contributed by atoms with Gasteiger partial charge < -0.3 is 0 Å². The molecule has 2 aliphatic rings. The Hall–Kier alpha value is -6.58. The van der Waals surface area contributed by atoms with Crippen LogP contribution in [0.15, 0.2) is 181 Å². The Morgan fingerprint density at radius 1 is 0.306 bits per heavy atom. The Labute approximate surface area is 373 Å². The average molecular weight is 831 g/mol. The molecule has 0 radical (unpaired) electrons. The predicted octanol–water partition coefficient (Wildman–Crippen LogP) is 17.4. The lowest BCUT2D eigenvalue weighted by Gasteiger charge is -2.24. The smallest absolute Gasteiger partial charge is 0.0270 e. The molecule has 7 aromatic carbocycles. The van der Waals surface area contributed by atoms with E-state index in [9.17, 15) is 0 Å². The molecule has 0 saturated carbocycles. The molecule has 0 amide bonds. The number of hydrogen-bond donors (Lipinski definition) is 0. The van der Waals surface area contributed by atoms with E-state index >= 15 is 0 Å². The summed E-state index contributed by atoms with van der Waals surface area (Å²) in [6.07, 6.45) is 9.10. The molecule has 2 aliphatic carbocycles. The molecular formula is C60H46S2. The molecule has 62 heavy (non-hydrogen) atoms. The van der Waals surface area contributed by atoms with E-state index in [1.165, 1.54) is 110 Å². The van der Waals surface area contributed by atoms with Crippen molar-refractivity contribution in [3.63, 3.8) is 0 Å². The first-order valence-electron chi connectivity index (χ1n) is 21.5. The average Bonchev–Trinajstić information content (AvgIpc) is 4.12. The lowest BCUT2D eigenvalue weighted by molar-refractivity contribution is 0.660. The van der Waals surface area contributed by atoms with Crippen molar-refractivity contribution < 1.29 is 0 Å². The molecule has 2 aromatic heterocycles. The van der Waals surface area contributed by atoms with E-state index in [1.807, 2.05) is 0 Å². The SMILES string of the molecule is CC1(C)c2cc(-c3ccccc3)ccc2-c2ccc(-c3ccc4c(c3)C(C)(C)c3cc(-c5cc(/C=C/c6cccs6)c(-c6ccccc6)cc5/C=C/c5cccs5)ccc3-4)cc21. The molecule has 0 saturated heterocycles. The molecule has 0 fully saturated rings. The third kappa shape index (κ3) is 6.57. The van der Waals surface area contributed by atoms with Crippen molar-refractivity contribution in [3.05, 3.63) is 224 Å². The van der Waals surface area contributed by atoms with Crippen LogP contribution in [0.1, 0.15) is 70.8 Å². The Balaban J connectivity index is 0.976. The van der Waals surface area contributed by atoms with E-state index in [4.69, 9.17) is 0 Å². The number of rotatable bonds is 8. The summed E-state index contributed by atoms with van der Waals surface area (Å²) in [7, 11) is 0. The van der Waals surface area contributed by atoms with Gasteiger partial charge in [0.05, 0.1) is 0 Å². The van der Waals surface area contributed by atoms with Crippen LogP contribution in [0.2, 0.25) is 0 Å². The predicted molar refractivity (Wildman–Crippen MR) is 270 cm³/mol. The number of benzene rings is 7. The highest BCUT2D eigenvalue weighted by Gasteiger charge is 2.38. The second-order valence-corrected chi connectivity index (χ2v) is 19.7. The fourth-order valence-corrected chi connectivity index (χ4v) is 11.2. The number of fused-ring (bicyclic) bond motifs is 6. The second kappa shape index (κ2) is 15.1. The van der Waals surface area contributed by atoms with Crippen molar-refractivity contribution >= 4 is 47.0 Å². The van der Waals surface area contributed by atoms with Crippen LogP contribution in [0.5, 0.6) is 0 Å². The minimum Gasteiger partial charge on any atom is -0.144 e. The summed E-state index contributed by atoms with van der Waals surface area (Å²) in [4.78, 5) is 2.49. The summed E-state index contributed by atoms with van der Waals surface area (Å²) in [5.41, 5.74) is 23.0. The molecule has 0 bridgehead atoms. The summed E-state index contributed by atoms with van der Waals surface area (Å²) < 4.78 is 0. The maximum atomic E-state index is 2.47. The van der Waals surface area contributed by atoms with Gasteiger partial charge in [-0.25, -0.2) is 0 Å². The topological polar surface area (TPSA) is 0 Å². The van der Waals surface area contributed by atoms with E-state index in [0.29, 0.717) is 0 Å². The van der Waals surface area contributed by atoms with Gasteiger partial charge >= 0.3 is 0 Å². The summed E-state index contributed by atoms with van der Waals surface area (Å²) in [6.45, 7) is 9.59. The highest BCUT2D eigenvalue weighted by atomic mass is 32.1. The lowest BCUT2D eigenvalue weighted by Crippen LogP contribution is -2.15. The van der Waals surface area contributed by atoms with Gasteiger partial charge in [-0.05, 0) is 172 Å². The zero-order valence-electron chi connectivity index (χ0n) is 35.4. The summed E-state index contributed by atoms with van der Waals surface area (Å²) in [5, 5.41) is 4.29. The van der Waals surface area contributed by atoms with Gasteiger partial charge in [-0.3, -0.25) is 0 Å². The zero-order valence-corrected chi connectivity index (χ0v) is 37.1. The third-order valence-corrected chi connectivity index (χ3v) is 15.0. The van der Waals surface area contributed by atoms with E-state index in [0.717, 1.165) is 0 Å². The van der Waals surface area contributed by atoms with Crippen molar-refractivity contribution in [2.24, 2.45) is 0 Å². The van der Waals surface area contributed by atoms with Crippen LogP contribution in [-0.2, 0) is 10.8 Å². The molecule has 0 spiro atoms. The van der Waals surface area contributed by atoms with Gasteiger partial charge in [0.15, 0.2) is 0 Å². The monoisotopic (exact) mass is 830 g/mol. The maximum Gasteiger partial charge on any atom is 0.0270 e. The van der Waals surface area contributed by atoms with E-state index in [1.54, 1.807) is 22.7 Å². The summed E-state index contributed by atoms with van der Waals surface area (Å²) in [6, 6.07) is 63.5. The fourth-order valence-electron chi connectivity index (χ4n) is 9.95. The molecule has 0 atom stereocenters. The van der Waals surface area contributed by atoms with Crippen LogP contribution in [0.25, 0.3) is 91.1 Å². The first-order valence-corrected chi connectivity index (χ1v) is 23.3. The molecule has 298 valence electrons. The largest absolute Gasteiger partial charge is 0.144 e. The first kappa shape index (κ1) is 38.3. The molecule has 2 heterocycles. The Morgan fingerprint density at radius 2 is 0.677 bits per heavy atom. The molecule has 2 heteroatoms. The van der Waals surface area contributed by atoms with Crippen LogP contribution >= 0.6 is 22.7 Å². The van der Waals surface area contributed by atoms with E-state index in [2.05, 4.69) is 233 Å². The van der Waals surface area contributed by atoms with Gasteiger partial charge in [-0.1, -0.05) is 161 Å². The van der Waals surface area contributed by atoms with E-state index < -0.39 is 0 Å². The molecule has 0 N–H and O–H groups in total. The number of hydrogen-bond acceptors (Lipinski definition) is 2. The van der Waals surface area contributed by atoms with Gasteiger partial charge in [-0.15, -0.1) is 22.7 Å². The molecular weight excluding hydrogens is 785 g/mol. The van der Waals surface area contributed by atoms with Crippen molar-refractivity contribution in [3.8, 4) is 66.8 Å². The maximum absolute atomic E-state index is 2.47. The Bertz CT molecular complexity index is 3190. The molecule has 9 aromatic rings. The molecule has 0 aliphatic heterocycles. The second-order valence-electron chi connectivity index (χ2n) is 17.7. The van der Waals surface area contributed by atoms with Crippen molar-refractivity contribution in [2.75, 3.05) is 0 Å². The van der Waals surface area contributed by atoms with Crippen LogP contribution in [0.4, 0.5) is 0 Å². The zero-order chi connectivity index (χ0) is 42.0. The van der Waals surface area contributed by atoms with Crippen LogP contribution in [0.3, 0.4) is 0 Å². The lowest BCUT2D eigenvalue weighted by atomic mass is 9.79. The normalized spacial score (nSPS) is 14.3. The van der Waals surface area contributed by atoms with Gasteiger partial charge in [-0.2, -0.15) is 0 Å². The van der Waals surface area contributed by atoms with E-state index in [-0.39, 0.29) is 10.8 Å². The summed E-state index contributed by atoms with van der Waals surface area (Å²) >= 11 is 3.53. The van der Waals surface area contributed by atoms with Crippen molar-refractivity contribution in [1.29, 1.82) is 0 Å².